The average Bonchev–Trinajstić information content (AvgIpc) is 1.99. The van der Waals surface area contributed by atoms with Crippen LogP contribution in [-0.4, -0.2) is 28.2 Å². The lowest BCUT2D eigenvalue weighted by Crippen LogP contribution is -2.54. The fourth-order valence-corrected chi connectivity index (χ4v) is 0.820. The molecule has 0 bridgehead atoms. The van der Waals surface area contributed by atoms with E-state index in [9.17, 15) is 9.59 Å². The zero-order valence-electron chi connectivity index (χ0n) is 9.83. The van der Waals surface area contributed by atoms with Crippen molar-refractivity contribution in [2.24, 2.45) is 11.7 Å². The van der Waals surface area contributed by atoms with Gasteiger partial charge in [-0.3, -0.25) is 9.59 Å². The second-order valence-electron chi connectivity index (χ2n) is 4.84. The van der Waals surface area contributed by atoms with Crippen LogP contribution in [0.3, 0.4) is 0 Å². The number of aliphatic carboxylic acids is 1. The molecular weight excluding hydrogens is 198 g/mol. The maximum Gasteiger partial charge on any atom is 0.324 e. The van der Waals surface area contributed by atoms with Crippen LogP contribution < -0.4 is 5.73 Å². The van der Waals surface area contributed by atoms with Gasteiger partial charge in [0, 0.05) is 0 Å². The summed E-state index contributed by atoms with van der Waals surface area (Å²) >= 11 is 0. The van der Waals surface area contributed by atoms with Gasteiger partial charge in [0.15, 0.2) is 0 Å². The van der Waals surface area contributed by atoms with E-state index in [4.69, 9.17) is 15.6 Å². The lowest BCUT2D eigenvalue weighted by molar-refractivity contribution is -0.166. The third-order valence-electron chi connectivity index (χ3n) is 2.12. The largest absolute Gasteiger partial charge is 0.480 e. The molecule has 2 atom stereocenters. The Labute approximate surface area is 89.6 Å². The second-order valence-corrected chi connectivity index (χ2v) is 4.84. The summed E-state index contributed by atoms with van der Waals surface area (Å²) in [6.45, 7) is 7.89. The first-order valence-corrected chi connectivity index (χ1v) is 4.73. The zero-order chi connectivity index (χ0) is 12.4. The molecule has 0 amide bonds. The van der Waals surface area contributed by atoms with E-state index in [-0.39, 0.29) is 0 Å². The topological polar surface area (TPSA) is 89.6 Å². The Morgan fingerprint density at radius 2 is 1.67 bits per heavy atom. The summed E-state index contributed by atoms with van der Waals surface area (Å²) in [5.74, 6) is -2.72. The van der Waals surface area contributed by atoms with Crippen molar-refractivity contribution in [1.82, 2.24) is 0 Å². The minimum atomic E-state index is -1.61. The lowest BCUT2D eigenvalue weighted by atomic mass is 9.88. The van der Waals surface area contributed by atoms with Gasteiger partial charge in [-0.05, 0) is 34.6 Å². The van der Waals surface area contributed by atoms with Gasteiger partial charge in [-0.25, -0.2) is 0 Å². The quantitative estimate of drug-likeness (QED) is 0.681. The Morgan fingerprint density at radius 1 is 1.27 bits per heavy atom. The summed E-state index contributed by atoms with van der Waals surface area (Å²) in [5.41, 5.74) is 3.27. The van der Waals surface area contributed by atoms with Gasteiger partial charge in [0.25, 0.3) is 0 Å². The summed E-state index contributed by atoms with van der Waals surface area (Å²) in [6.07, 6.45) is 0. The van der Waals surface area contributed by atoms with Crippen LogP contribution in [0.15, 0.2) is 0 Å². The van der Waals surface area contributed by atoms with E-state index in [0.29, 0.717) is 0 Å². The van der Waals surface area contributed by atoms with Crippen LogP contribution in [0.4, 0.5) is 0 Å². The molecule has 0 saturated heterocycles. The van der Waals surface area contributed by atoms with Gasteiger partial charge < -0.3 is 15.6 Å². The molecule has 0 heterocycles. The molecule has 0 fully saturated rings. The molecule has 0 aliphatic carbocycles. The second kappa shape index (κ2) is 4.18. The van der Waals surface area contributed by atoms with Crippen molar-refractivity contribution in [1.29, 1.82) is 0 Å². The molecule has 0 aromatic heterocycles. The van der Waals surface area contributed by atoms with E-state index < -0.39 is 29.0 Å². The first-order chi connectivity index (χ1) is 6.48. The Morgan fingerprint density at radius 3 is 1.93 bits per heavy atom. The van der Waals surface area contributed by atoms with Crippen LogP contribution in [0.2, 0.25) is 0 Å². The fourth-order valence-electron chi connectivity index (χ4n) is 0.820. The van der Waals surface area contributed by atoms with Crippen molar-refractivity contribution in [2.75, 3.05) is 0 Å². The molecule has 0 aromatic carbocycles. The highest BCUT2D eigenvalue weighted by molar-refractivity contribution is 5.86. The Bertz CT molecular complexity index is 265. The molecular formula is C10H19NO4. The molecule has 0 aliphatic rings. The van der Waals surface area contributed by atoms with Crippen molar-refractivity contribution in [3.05, 3.63) is 0 Å². The Hall–Kier alpha value is -1.10. The van der Waals surface area contributed by atoms with E-state index in [1.807, 2.05) is 0 Å². The first kappa shape index (κ1) is 13.9. The first-order valence-electron chi connectivity index (χ1n) is 4.73. The lowest BCUT2D eigenvalue weighted by Gasteiger charge is -2.28. The third-order valence-corrected chi connectivity index (χ3v) is 2.12. The van der Waals surface area contributed by atoms with Crippen LogP contribution in [0, 0.1) is 5.92 Å². The Kier molecular flexibility index (Phi) is 3.88. The van der Waals surface area contributed by atoms with Gasteiger partial charge in [0.05, 0.1) is 5.92 Å². The van der Waals surface area contributed by atoms with Crippen LogP contribution in [0.5, 0.6) is 0 Å². The molecule has 1 unspecified atom stereocenters. The van der Waals surface area contributed by atoms with Gasteiger partial charge in [0.2, 0.25) is 0 Å². The van der Waals surface area contributed by atoms with Crippen molar-refractivity contribution in [2.45, 2.75) is 45.8 Å². The Balaban J connectivity index is 4.66. The van der Waals surface area contributed by atoms with E-state index in [1.54, 1.807) is 20.8 Å². The molecule has 0 spiro atoms. The summed E-state index contributed by atoms with van der Waals surface area (Å²) in [6, 6.07) is 0. The molecule has 3 N–H and O–H groups in total. The van der Waals surface area contributed by atoms with E-state index in [1.165, 1.54) is 13.8 Å². The molecule has 5 heteroatoms. The molecule has 0 rings (SSSR count). The van der Waals surface area contributed by atoms with Crippen molar-refractivity contribution >= 4 is 11.9 Å². The number of carbonyl (C=O) groups is 2. The van der Waals surface area contributed by atoms with Crippen molar-refractivity contribution in [3.8, 4) is 0 Å². The number of nitrogens with two attached hydrogens (primary N) is 1. The number of carboxylic acid groups (broad SMARTS) is 1. The van der Waals surface area contributed by atoms with Gasteiger partial charge >= 0.3 is 11.9 Å². The highest BCUT2D eigenvalue weighted by Gasteiger charge is 2.41. The summed E-state index contributed by atoms with van der Waals surface area (Å²) < 4.78 is 5.05. The normalized spacial score (nSPS) is 17.7. The van der Waals surface area contributed by atoms with Crippen molar-refractivity contribution in [3.63, 3.8) is 0 Å². The number of carbonyl (C=O) groups excluding carboxylic acids is 1. The number of rotatable bonds is 3. The fraction of sp³-hybridized carbons (Fsp3) is 0.800. The minimum Gasteiger partial charge on any atom is -0.480 e. The molecule has 0 saturated carbocycles. The minimum absolute atomic E-state index is 0.602. The van der Waals surface area contributed by atoms with Crippen LogP contribution >= 0.6 is 0 Å². The van der Waals surface area contributed by atoms with Gasteiger partial charge in [-0.1, -0.05) is 0 Å². The predicted molar refractivity (Wildman–Crippen MR) is 55.2 cm³/mol. The number of ether oxygens (including phenoxy) is 1. The van der Waals surface area contributed by atoms with Gasteiger partial charge in [-0.15, -0.1) is 0 Å². The summed E-state index contributed by atoms with van der Waals surface area (Å²) in [4.78, 5) is 22.3. The highest BCUT2D eigenvalue weighted by Crippen LogP contribution is 2.19. The van der Waals surface area contributed by atoms with Crippen LogP contribution in [0.25, 0.3) is 0 Å². The van der Waals surface area contributed by atoms with Gasteiger partial charge in [-0.2, -0.15) is 0 Å². The monoisotopic (exact) mass is 217 g/mol. The number of esters is 1. The third kappa shape index (κ3) is 3.87. The van der Waals surface area contributed by atoms with Crippen LogP contribution in [0.1, 0.15) is 34.6 Å². The smallest absolute Gasteiger partial charge is 0.324 e. The predicted octanol–water partition coefficient (Wildman–Crippen LogP) is 0.766. The number of hydrogen-bond acceptors (Lipinski definition) is 4. The molecule has 0 radical (unpaired) electrons. The standard InChI is InChI=1S/C10H19NO4/c1-6(10(5,11)8(13)14)7(12)15-9(2,3)4/h6H,11H2,1-5H3,(H,13,14)/t6?,10-/m0/s1. The molecule has 88 valence electrons. The van der Waals surface area contributed by atoms with E-state index >= 15 is 0 Å². The average molecular weight is 217 g/mol. The van der Waals surface area contributed by atoms with Gasteiger partial charge in [0.1, 0.15) is 11.1 Å². The van der Waals surface area contributed by atoms with Crippen molar-refractivity contribution < 1.29 is 19.4 Å². The summed E-state index contributed by atoms with van der Waals surface area (Å²) in [5, 5.41) is 8.83. The molecule has 0 aromatic rings. The van der Waals surface area contributed by atoms with E-state index in [2.05, 4.69) is 0 Å². The maximum absolute atomic E-state index is 11.5. The van der Waals surface area contributed by atoms with E-state index in [0.717, 1.165) is 0 Å². The molecule has 15 heavy (non-hydrogen) atoms. The number of carboxylic acids is 1. The number of hydrogen-bond donors (Lipinski definition) is 2. The molecule has 0 aliphatic heterocycles. The SMILES string of the molecule is CC(C(=O)OC(C)(C)C)[C@](C)(N)C(=O)O. The highest BCUT2D eigenvalue weighted by atomic mass is 16.6. The van der Waals surface area contributed by atoms with Crippen LogP contribution in [-0.2, 0) is 14.3 Å². The maximum atomic E-state index is 11.5. The zero-order valence-corrected chi connectivity index (χ0v) is 9.83. The molecule has 5 nitrogen and oxygen atoms in total. The summed E-state index contributed by atoms with van der Waals surface area (Å²) in [7, 11) is 0.